The molecule has 0 atom stereocenters. The number of methoxy groups -OCH3 is 2. The highest BCUT2D eigenvalue weighted by atomic mass is 16.5. The van der Waals surface area contributed by atoms with E-state index in [1.165, 1.54) is 5.56 Å². The van der Waals surface area contributed by atoms with E-state index in [-0.39, 0.29) is 5.54 Å². The van der Waals surface area contributed by atoms with E-state index in [2.05, 4.69) is 6.07 Å². The zero-order valence-corrected chi connectivity index (χ0v) is 12.5. The van der Waals surface area contributed by atoms with Crippen molar-refractivity contribution in [3.8, 4) is 11.5 Å². The molecule has 0 spiro atoms. The lowest BCUT2D eigenvalue weighted by Crippen LogP contribution is -2.46. The molecule has 112 valence electrons. The van der Waals surface area contributed by atoms with Gasteiger partial charge >= 0.3 is 0 Å². The van der Waals surface area contributed by atoms with E-state index in [9.17, 15) is 0 Å². The van der Waals surface area contributed by atoms with Crippen LogP contribution in [0.15, 0.2) is 18.2 Å². The molecular weight excluding hydrogens is 252 g/mol. The van der Waals surface area contributed by atoms with Crippen LogP contribution in [0.25, 0.3) is 0 Å². The molecule has 1 aliphatic carbocycles. The third-order valence-electron chi connectivity index (χ3n) is 4.39. The smallest absolute Gasteiger partial charge is 0.160 e. The van der Waals surface area contributed by atoms with Crippen LogP contribution in [0.3, 0.4) is 0 Å². The normalized spacial score (nSPS) is 26.3. The summed E-state index contributed by atoms with van der Waals surface area (Å²) >= 11 is 0. The molecule has 4 N–H and O–H groups in total. The van der Waals surface area contributed by atoms with Gasteiger partial charge in [0.05, 0.1) is 14.2 Å². The Bertz CT molecular complexity index is 440. The van der Waals surface area contributed by atoms with Crippen LogP contribution in [-0.4, -0.2) is 25.8 Å². The van der Waals surface area contributed by atoms with Crippen LogP contribution in [0.5, 0.6) is 11.5 Å². The van der Waals surface area contributed by atoms with E-state index in [0.29, 0.717) is 6.04 Å². The van der Waals surface area contributed by atoms with Crippen LogP contribution >= 0.6 is 0 Å². The molecule has 1 aliphatic rings. The fourth-order valence-corrected chi connectivity index (χ4v) is 2.89. The van der Waals surface area contributed by atoms with Gasteiger partial charge in [0.1, 0.15) is 0 Å². The minimum atomic E-state index is -0.0525. The van der Waals surface area contributed by atoms with Crippen LogP contribution in [-0.2, 0) is 6.42 Å². The first-order chi connectivity index (χ1) is 9.56. The molecule has 1 aromatic rings. The largest absolute Gasteiger partial charge is 0.493 e. The quantitative estimate of drug-likeness (QED) is 0.866. The highest BCUT2D eigenvalue weighted by Crippen LogP contribution is 2.32. The van der Waals surface area contributed by atoms with Gasteiger partial charge < -0.3 is 20.9 Å². The van der Waals surface area contributed by atoms with Crippen molar-refractivity contribution >= 4 is 0 Å². The molecule has 0 bridgehead atoms. The molecular formula is C16H26N2O2. The molecule has 0 heterocycles. The van der Waals surface area contributed by atoms with Gasteiger partial charge in [-0.2, -0.15) is 0 Å². The van der Waals surface area contributed by atoms with E-state index >= 15 is 0 Å². The molecule has 1 saturated carbocycles. The Morgan fingerprint density at radius 2 is 1.80 bits per heavy atom. The summed E-state index contributed by atoms with van der Waals surface area (Å²) in [5.74, 6) is 1.55. The molecule has 1 aromatic carbocycles. The highest BCUT2D eigenvalue weighted by Gasteiger charge is 2.29. The van der Waals surface area contributed by atoms with Crippen molar-refractivity contribution in [3.63, 3.8) is 0 Å². The van der Waals surface area contributed by atoms with E-state index in [1.54, 1.807) is 14.2 Å². The average molecular weight is 278 g/mol. The zero-order valence-electron chi connectivity index (χ0n) is 12.5. The predicted molar refractivity (Wildman–Crippen MR) is 81.2 cm³/mol. The van der Waals surface area contributed by atoms with E-state index < -0.39 is 0 Å². The first-order valence-electron chi connectivity index (χ1n) is 7.32. The lowest BCUT2D eigenvalue weighted by Gasteiger charge is -2.36. The Morgan fingerprint density at radius 1 is 1.15 bits per heavy atom. The van der Waals surface area contributed by atoms with Crippen LogP contribution in [0, 0.1) is 0 Å². The monoisotopic (exact) mass is 278 g/mol. The molecule has 20 heavy (non-hydrogen) atoms. The SMILES string of the molecule is COc1ccc(CCC2(N)CCC(N)CC2)cc1OC. The molecule has 1 fully saturated rings. The summed E-state index contributed by atoms with van der Waals surface area (Å²) in [5, 5.41) is 0. The summed E-state index contributed by atoms with van der Waals surface area (Å²) in [4.78, 5) is 0. The second kappa shape index (κ2) is 6.46. The van der Waals surface area contributed by atoms with Crippen LogP contribution in [0.2, 0.25) is 0 Å². The fraction of sp³-hybridized carbons (Fsp3) is 0.625. The molecule has 0 unspecified atom stereocenters. The Hall–Kier alpha value is -1.26. The molecule has 0 radical (unpaired) electrons. The molecule has 4 heteroatoms. The molecule has 2 rings (SSSR count). The third-order valence-corrected chi connectivity index (χ3v) is 4.39. The second-order valence-corrected chi connectivity index (χ2v) is 5.89. The average Bonchev–Trinajstić information content (AvgIpc) is 2.48. The number of ether oxygens (including phenoxy) is 2. The summed E-state index contributed by atoms with van der Waals surface area (Å²) in [5.41, 5.74) is 13.6. The Balaban J connectivity index is 1.97. The van der Waals surface area contributed by atoms with Crippen molar-refractivity contribution in [1.29, 1.82) is 0 Å². The third kappa shape index (κ3) is 3.64. The van der Waals surface area contributed by atoms with Crippen molar-refractivity contribution < 1.29 is 9.47 Å². The summed E-state index contributed by atoms with van der Waals surface area (Å²) in [7, 11) is 3.31. The van der Waals surface area contributed by atoms with E-state index in [0.717, 1.165) is 50.0 Å². The van der Waals surface area contributed by atoms with E-state index in [1.807, 2.05) is 12.1 Å². The van der Waals surface area contributed by atoms with Crippen molar-refractivity contribution in [2.75, 3.05) is 14.2 Å². The van der Waals surface area contributed by atoms with Gasteiger partial charge in [-0.15, -0.1) is 0 Å². The molecule has 0 amide bonds. The van der Waals surface area contributed by atoms with Gasteiger partial charge in [-0.1, -0.05) is 6.07 Å². The molecule has 0 aliphatic heterocycles. The molecule has 4 nitrogen and oxygen atoms in total. The maximum Gasteiger partial charge on any atom is 0.160 e. The van der Waals surface area contributed by atoms with Gasteiger partial charge in [0.15, 0.2) is 11.5 Å². The van der Waals surface area contributed by atoms with Gasteiger partial charge in [0.25, 0.3) is 0 Å². The topological polar surface area (TPSA) is 70.5 Å². The van der Waals surface area contributed by atoms with Gasteiger partial charge in [-0.3, -0.25) is 0 Å². The minimum Gasteiger partial charge on any atom is -0.493 e. The van der Waals surface area contributed by atoms with Crippen LogP contribution < -0.4 is 20.9 Å². The Labute approximate surface area is 121 Å². The van der Waals surface area contributed by atoms with Gasteiger partial charge in [-0.25, -0.2) is 0 Å². The van der Waals surface area contributed by atoms with Crippen LogP contribution in [0.4, 0.5) is 0 Å². The summed E-state index contributed by atoms with van der Waals surface area (Å²) in [6.07, 6.45) is 6.11. The number of rotatable bonds is 5. The first-order valence-corrected chi connectivity index (χ1v) is 7.32. The standard InChI is InChI=1S/C16H26N2O2/c1-19-14-4-3-12(11-15(14)20-2)5-8-16(18)9-6-13(17)7-10-16/h3-4,11,13H,5-10,17-18H2,1-2H3. The number of hydrogen-bond acceptors (Lipinski definition) is 4. The van der Waals surface area contributed by atoms with Crippen molar-refractivity contribution in [2.24, 2.45) is 11.5 Å². The summed E-state index contributed by atoms with van der Waals surface area (Å²) in [6.45, 7) is 0. The second-order valence-electron chi connectivity index (χ2n) is 5.89. The maximum atomic E-state index is 6.48. The van der Waals surface area contributed by atoms with Gasteiger partial charge in [-0.05, 0) is 56.2 Å². The minimum absolute atomic E-state index is 0.0525. The van der Waals surface area contributed by atoms with Crippen LogP contribution in [0.1, 0.15) is 37.7 Å². The predicted octanol–water partition coefficient (Wildman–Crippen LogP) is 2.24. The lowest BCUT2D eigenvalue weighted by atomic mass is 9.77. The molecule has 0 saturated heterocycles. The number of benzene rings is 1. The summed E-state index contributed by atoms with van der Waals surface area (Å²) < 4.78 is 10.6. The van der Waals surface area contributed by atoms with Gasteiger partial charge in [0.2, 0.25) is 0 Å². The number of nitrogens with two attached hydrogens (primary N) is 2. The lowest BCUT2D eigenvalue weighted by molar-refractivity contribution is 0.258. The maximum absolute atomic E-state index is 6.48. The zero-order chi connectivity index (χ0) is 14.6. The van der Waals surface area contributed by atoms with Crippen molar-refractivity contribution in [3.05, 3.63) is 23.8 Å². The van der Waals surface area contributed by atoms with Gasteiger partial charge in [0, 0.05) is 11.6 Å². The van der Waals surface area contributed by atoms with Crippen molar-refractivity contribution in [2.45, 2.75) is 50.1 Å². The highest BCUT2D eigenvalue weighted by molar-refractivity contribution is 5.42. The number of hydrogen-bond donors (Lipinski definition) is 2. The number of aryl methyl sites for hydroxylation is 1. The van der Waals surface area contributed by atoms with E-state index in [4.69, 9.17) is 20.9 Å². The summed E-state index contributed by atoms with van der Waals surface area (Å²) in [6, 6.07) is 6.41. The Morgan fingerprint density at radius 3 is 2.40 bits per heavy atom. The first kappa shape index (κ1) is 15.1. The fourth-order valence-electron chi connectivity index (χ4n) is 2.89. The van der Waals surface area contributed by atoms with Crippen molar-refractivity contribution in [1.82, 2.24) is 0 Å². The molecule has 0 aromatic heterocycles. The Kier molecular flexibility index (Phi) is 4.89.